The molecule has 1 amide bonds. The molecule has 1 aliphatic heterocycles. The standard InChI is InChI=1S/C23H32N2O4S/c1-27-20-8-6-18(22(28-2)23(20)29-3)7-9-21(26)24-15-17-10-12-25(13-11-17)16-19-5-4-14-30-19/h4-6,8,14,17H,7,9-13,15-16H2,1-3H3,(H,24,26). The molecule has 2 heterocycles. The third-order valence-electron chi connectivity index (χ3n) is 5.66. The summed E-state index contributed by atoms with van der Waals surface area (Å²) in [6.07, 6.45) is 3.28. The minimum Gasteiger partial charge on any atom is -0.493 e. The van der Waals surface area contributed by atoms with Crippen molar-refractivity contribution in [1.29, 1.82) is 0 Å². The van der Waals surface area contributed by atoms with Crippen LogP contribution >= 0.6 is 11.3 Å². The van der Waals surface area contributed by atoms with Gasteiger partial charge in [-0.3, -0.25) is 9.69 Å². The van der Waals surface area contributed by atoms with Crippen LogP contribution in [0.15, 0.2) is 29.6 Å². The number of hydrogen-bond acceptors (Lipinski definition) is 6. The Hall–Kier alpha value is -2.25. The third kappa shape index (κ3) is 5.89. The van der Waals surface area contributed by atoms with Gasteiger partial charge in [0.15, 0.2) is 11.5 Å². The van der Waals surface area contributed by atoms with Gasteiger partial charge in [-0.1, -0.05) is 12.1 Å². The molecule has 1 aromatic heterocycles. The normalized spacial score (nSPS) is 15.0. The Morgan fingerprint density at radius 1 is 1.10 bits per heavy atom. The molecule has 1 aromatic carbocycles. The zero-order chi connectivity index (χ0) is 21.3. The smallest absolute Gasteiger partial charge is 0.220 e. The number of methoxy groups -OCH3 is 3. The Labute approximate surface area is 183 Å². The number of likely N-dealkylation sites (tertiary alicyclic amines) is 1. The molecule has 164 valence electrons. The molecule has 1 aliphatic rings. The van der Waals surface area contributed by atoms with Crippen LogP contribution in [0, 0.1) is 5.92 Å². The molecule has 2 aromatic rings. The first kappa shape index (κ1) is 22.4. The van der Waals surface area contributed by atoms with Crippen molar-refractivity contribution in [2.24, 2.45) is 5.92 Å². The highest BCUT2D eigenvalue weighted by Crippen LogP contribution is 2.40. The van der Waals surface area contributed by atoms with E-state index in [0.29, 0.717) is 36.0 Å². The number of carbonyl (C=O) groups is 1. The second-order valence-electron chi connectivity index (χ2n) is 7.60. The van der Waals surface area contributed by atoms with Crippen LogP contribution in [0.5, 0.6) is 17.2 Å². The molecule has 6 nitrogen and oxygen atoms in total. The lowest BCUT2D eigenvalue weighted by molar-refractivity contribution is -0.121. The van der Waals surface area contributed by atoms with Crippen molar-refractivity contribution in [1.82, 2.24) is 10.2 Å². The van der Waals surface area contributed by atoms with Crippen molar-refractivity contribution < 1.29 is 19.0 Å². The number of ether oxygens (including phenoxy) is 3. The zero-order valence-corrected chi connectivity index (χ0v) is 18.9. The molecule has 30 heavy (non-hydrogen) atoms. The van der Waals surface area contributed by atoms with Gasteiger partial charge in [-0.25, -0.2) is 0 Å². The third-order valence-corrected chi connectivity index (χ3v) is 6.52. The fourth-order valence-electron chi connectivity index (χ4n) is 3.93. The Morgan fingerprint density at radius 3 is 2.50 bits per heavy atom. The van der Waals surface area contributed by atoms with Crippen LogP contribution in [0.3, 0.4) is 0 Å². The Bertz CT molecular complexity index is 802. The van der Waals surface area contributed by atoms with E-state index < -0.39 is 0 Å². The van der Waals surface area contributed by atoms with E-state index in [1.807, 2.05) is 23.5 Å². The van der Waals surface area contributed by atoms with E-state index in [1.165, 1.54) is 4.88 Å². The minimum absolute atomic E-state index is 0.0767. The number of amides is 1. The van der Waals surface area contributed by atoms with E-state index in [0.717, 1.165) is 44.6 Å². The van der Waals surface area contributed by atoms with E-state index in [1.54, 1.807) is 21.3 Å². The fraction of sp³-hybridized carbons (Fsp3) is 0.522. The molecule has 3 rings (SSSR count). The maximum atomic E-state index is 12.4. The van der Waals surface area contributed by atoms with Crippen LogP contribution in [0.1, 0.15) is 29.7 Å². The summed E-state index contributed by atoms with van der Waals surface area (Å²) < 4.78 is 16.2. The van der Waals surface area contributed by atoms with Gasteiger partial charge in [0.25, 0.3) is 0 Å². The molecule has 0 spiro atoms. The van der Waals surface area contributed by atoms with Gasteiger partial charge >= 0.3 is 0 Å². The average molecular weight is 433 g/mol. The van der Waals surface area contributed by atoms with Gasteiger partial charge in [-0.05, 0) is 61.3 Å². The van der Waals surface area contributed by atoms with Gasteiger partial charge < -0.3 is 19.5 Å². The summed E-state index contributed by atoms with van der Waals surface area (Å²) in [6, 6.07) is 8.08. The summed E-state index contributed by atoms with van der Waals surface area (Å²) in [5.74, 6) is 2.44. The SMILES string of the molecule is COc1ccc(CCC(=O)NCC2CCN(Cc3cccs3)CC2)c(OC)c1OC. The van der Waals surface area contributed by atoms with Crippen molar-refractivity contribution in [3.63, 3.8) is 0 Å². The topological polar surface area (TPSA) is 60.0 Å². The van der Waals surface area contributed by atoms with Crippen LogP contribution in [-0.2, 0) is 17.8 Å². The van der Waals surface area contributed by atoms with E-state index in [2.05, 4.69) is 27.7 Å². The highest BCUT2D eigenvalue weighted by Gasteiger charge is 2.20. The number of carbonyl (C=O) groups excluding carboxylic acids is 1. The van der Waals surface area contributed by atoms with Crippen LogP contribution in [0.25, 0.3) is 0 Å². The monoisotopic (exact) mass is 432 g/mol. The van der Waals surface area contributed by atoms with Crippen molar-refractivity contribution in [3.05, 3.63) is 40.1 Å². The average Bonchev–Trinajstić information content (AvgIpc) is 3.29. The molecule has 0 bridgehead atoms. The van der Waals surface area contributed by atoms with Gasteiger partial charge in [-0.2, -0.15) is 0 Å². The lowest BCUT2D eigenvalue weighted by Gasteiger charge is -2.31. The maximum Gasteiger partial charge on any atom is 0.220 e. The Balaban J connectivity index is 1.41. The maximum absolute atomic E-state index is 12.4. The predicted molar refractivity (Wildman–Crippen MR) is 120 cm³/mol. The predicted octanol–water partition coefficient (Wildman–Crippen LogP) is 3.73. The van der Waals surface area contributed by atoms with Crippen molar-refractivity contribution in [2.75, 3.05) is 41.0 Å². The van der Waals surface area contributed by atoms with E-state index in [9.17, 15) is 4.79 Å². The number of benzene rings is 1. The highest BCUT2D eigenvalue weighted by molar-refractivity contribution is 7.09. The molecule has 0 radical (unpaired) electrons. The molecule has 0 atom stereocenters. The lowest BCUT2D eigenvalue weighted by atomic mass is 9.96. The summed E-state index contributed by atoms with van der Waals surface area (Å²) in [4.78, 5) is 16.3. The van der Waals surface area contributed by atoms with Gasteiger partial charge in [-0.15, -0.1) is 11.3 Å². The number of thiophene rings is 1. The summed E-state index contributed by atoms with van der Waals surface area (Å²) in [5, 5.41) is 5.25. The second kappa shape index (κ2) is 11.2. The van der Waals surface area contributed by atoms with Crippen molar-refractivity contribution in [3.8, 4) is 17.2 Å². The lowest BCUT2D eigenvalue weighted by Crippen LogP contribution is -2.38. The molecule has 1 N–H and O–H groups in total. The largest absolute Gasteiger partial charge is 0.493 e. The minimum atomic E-state index is 0.0767. The molecule has 0 unspecified atom stereocenters. The highest BCUT2D eigenvalue weighted by atomic mass is 32.1. The number of nitrogens with zero attached hydrogens (tertiary/aromatic N) is 1. The van der Waals surface area contributed by atoms with E-state index in [4.69, 9.17) is 14.2 Å². The van der Waals surface area contributed by atoms with E-state index in [-0.39, 0.29) is 5.91 Å². The number of piperidine rings is 1. The Kier molecular flexibility index (Phi) is 8.39. The number of hydrogen-bond donors (Lipinski definition) is 1. The zero-order valence-electron chi connectivity index (χ0n) is 18.1. The summed E-state index contributed by atoms with van der Waals surface area (Å²) in [7, 11) is 4.78. The number of aryl methyl sites for hydroxylation is 1. The first-order valence-electron chi connectivity index (χ1n) is 10.4. The summed E-state index contributed by atoms with van der Waals surface area (Å²) >= 11 is 1.82. The van der Waals surface area contributed by atoms with Crippen LogP contribution in [0.2, 0.25) is 0 Å². The molecular weight excluding hydrogens is 400 g/mol. The van der Waals surface area contributed by atoms with Gasteiger partial charge in [0.05, 0.1) is 21.3 Å². The summed E-state index contributed by atoms with van der Waals surface area (Å²) in [6.45, 7) is 4.00. The quantitative estimate of drug-likeness (QED) is 0.620. The molecule has 7 heteroatoms. The molecular formula is C23H32N2O4S. The summed E-state index contributed by atoms with van der Waals surface area (Å²) in [5.41, 5.74) is 0.937. The Morgan fingerprint density at radius 2 is 1.87 bits per heavy atom. The number of nitrogens with one attached hydrogen (secondary N) is 1. The second-order valence-corrected chi connectivity index (χ2v) is 8.63. The van der Waals surface area contributed by atoms with Crippen molar-refractivity contribution >= 4 is 17.2 Å². The van der Waals surface area contributed by atoms with Crippen molar-refractivity contribution in [2.45, 2.75) is 32.2 Å². The number of rotatable bonds is 10. The van der Waals surface area contributed by atoms with Crippen LogP contribution < -0.4 is 19.5 Å². The van der Waals surface area contributed by atoms with Gasteiger partial charge in [0, 0.05) is 24.4 Å². The molecule has 0 saturated carbocycles. The first-order chi connectivity index (χ1) is 14.6. The van der Waals surface area contributed by atoms with Gasteiger partial charge in [0.2, 0.25) is 11.7 Å². The molecule has 1 saturated heterocycles. The van der Waals surface area contributed by atoms with Gasteiger partial charge in [0.1, 0.15) is 0 Å². The fourth-order valence-corrected chi connectivity index (χ4v) is 4.67. The van der Waals surface area contributed by atoms with Crippen LogP contribution in [0.4, 0.5) is 0 Å². The molecule has 0 aliphatic carbocycles. The van der Waals surface area contributed by atoms with E-state index >= 15 is 0 Å². The van der Waals surface area contributed by atoms with Crippen LogP contribution in [-0.4, -0.2) is 51.8 Å². The molecule has 1 fully saturated rings. The first-order valence-corrected chi connectivity index (χ1v) is 11.3.